The SMILES string of the molecule is COc1ccc(-c2onc(N)c2-c2ccccc2)cc1Br. The molecule has 5 heteroatoms. The molecule has 0 amide bonds. The Hall–Kier alpha value is -2.27. The van der Waals surface area contributed by atoms with Crippen LogP contribution < -0.4 is 10.5 Å². The lowest BCUT2D eigenvalue weighted by atomic mass is 10.0. The molecule has 0 aliphatic carbocycles. The fourth-order valence-electron chi connectivity index (χ4n) is 2.19. The van der Waals surface area contributed by atoms with Crippen LogP contribution >= 0.6 is 15.9 Å². The number of rotatable bonds is 3. The van der Waals surface area contributed by atoms with Gasteiger partial charge < -0.3 is 15.0 Å². The Kier molecular flexibility index (Phi) is 3.66. The molecule has 0 unspecified atom stereocenters. The van der Waals surface area contributed by atoms with Crippen molar-refractivity contribution in [3.05, 3.63) is 53.0 Å². The summed E-state index contributed by atoms with van der Waals surface area (Å²) in [5, 5.41) is 3.90. The standard InChI is InChI=1S/C16H13BrN2O2/c1-20-13-8-7-11(9-12(13)17)15-14(16(18)19-21-15)10-5-3-2-4-6-10/h2-9H,1H3,(H2,18,19). The monoisotopic (exact) mass is 344 g/mol. The van der Waals surface area contributed by atoms with Gasteiger partial charge >= 0.3 is 0 Å². The third-order valence-corrected chi connectivity index (χ3v) is 3.81. The highest BCUT2D eigenvalue weighted by molar-refractivity contribution is 9.10. The lowest BCUT2D eigenvalue weighted by Gasteiger charge is -2.06. The van der Waals surface area contributed by atoms with Gasteiger partial charge in [0.2, 0.25) is 0 Å². The summed E-state index contributed by atoms with van der Waals surface area (Å²) in [7, 11) is 1.63. The van der Waals surface area contributed by atoms with E-state index in [9.17, 15) is 0 Å². The van der Waals surface area contributed by atoms with E-state index in [1.54, 1.807) is 7.11 Å². The molecule has 3 aromatic rings. The lowest BCUT2D eigenvalue weighted by molar-refractivity contribution is 0.412. The van der Waals surface area contributed by atoms with Crippen LogP contribution in [0, 0.1) is 0 Å². The van der Waals surface area contributed by atoms with Gasteiger partial charge in [0, 0.05) is 5.56 Å². The number of anilines is 1. The molecule has 0 radical (unpaired) electrons. The second-order valence-corrected chi connectivity index (χ2v) is 5.34. The van der Waals surface area contributed by atoms with E-state index in [2.05, 4.69) is 21.1 Å². The highest BCUT2D eigenvalue weighted by Gasteiger charge is 2.18. The minimum atomic E-state index is 0.378. The molecule has 0 saturated heterocycles. The van der Waals surface area contributed by atoms with Gasteiger partial charge in [-0.15, -0.1) is 0 Å². The predicted octanol–water partition coefficient (Wildman–Crippen LogP) is 4.36. The van der Waals surface area contributed by atoms with Crippen molar-refractivity contribution in [1.82, 2.24) is 5.16 Å². The number of nitrogens with zero attached hydrogens (tertiary/aromatic N) is 1. The first-order valence-electron chi connectivity index (χ1n) is 6.35. The maximum Gasteiger partial charge on any atom is 0.176 e. The molecule has 21 heavy (non-hydrogen) atoms. The van der Waals surface area contributed by atoms with E-state index in [0.29, 0.717) is 11.6 Å². The zero-order valence-corrected chi connectivity index (χ0v) is 12.9. The van der Waals surface area contributed by atoms with Crippen molar-refractivity contribution in [1.29, 1.82) is 0 Å². The van der Waals surface area contributed by atoms with Gasteiger partial charge in [0.1, 0.15) is 5.75 Å². The van der Waals surface area contributed by atoms with Crippen molar-refractivity contribution in [2.45, 2.75) is 0 Å². The Morgan fingerprint density at radius 3 is 2.52 bits per heavy atom. The first-order chi connectivity index (χ1) is 10.2. The molecular weight excluding hydrogens is 332 g/mol. The topological polar surface area (TPSA) is 61.3 Å². The smallest absolute Gasteiger partial charge is 0.176 e. The zero-order chi connectivity index (χ0) is 14.8. The lowest BCUT2D eigenvalue weighted by Crippen LogP contribution is -1.89. The summed E-state index contributed by atoms with van der Waals surface area (Å²) >= 11 is 3.47. The number of methoxy groups -OCH3 is 1. The number of ether oxygens (including phenoxy) is 1. The van der Waals surface area contributed by atoms with Gasteiger partial charge in [-0.1, -0.05) is 35.5 Å². The van der Waals surface area contributed by atoms with Crippen LogP contribution in [0.15, 0.2) is 57.5 Å². The Labute approximate surface area is 130 Å². The Bertz CT molecular complexity index is 769. The molecule has 2 N–H and O–H groups in total. The summed E-state index contributed by atoms with van der Waals surface area (Å²) in [5.74, 6) is 1.78. The first-order valence-corrected chi connectivity index (χ1v) is 7.14. The largest absolute Gasteiger partial charge is 0.496 e. The average molecular weight is 345 g/mol. The van der Waals surface area contributed by atoms with E-state index in [1.807, 2.05) is 48.5 Å². The van der Waals surface area contributed by atoms with Crippen molar-refractivity contribution in [3.8, 4) is 28.2 Å². The molecule has 0 bridgehead atoms. The van der Waals surface area contributed by atoms with Crippen LogP contribution in [0.2, 0.25) is 0 Å². The highest BCUT2D eigenvalue weighted by atomic mass is 79.9. The number of nitrogen functional groups attached to an aromatic ring is 1. The second-order valence-electron chi connectivity index (χ2n) is 4.49. The van der Waals surface area contributed by atoms with Gasteiger partial charge in [0.15, 0.2) is 11.6 Å². The molecule has 0 aliphatic heterocycles. The number of aromatic nitrogens is 1. The summed E-state index contributed by atoms with van der Waals surface area (Å²) in [6.07, 6.45) is 0. The van der Waals surface area contributed by atoms with Gasteiger partial charge in [-0.05, 0) is 39.7 Å². The van der Waals surface area contributed by atoms with Crippen molar-refractivity contribution >= 4 is 21.7 Å². The van der Waals surface area contributed by atoms with E-state index in [1.165, 1.54) is 0 Å². The summed E-state index contributed by atoms with van der Waals surface area (Å²) in [5.41, 5.74) is 8.61. The fourth-order valence-corrected chi connectivity index (χ4v) is 2.73. The van der Waals surface area contributed by atoms with E-state index < -0.39 is 0 Å². The minimum Gasteiger partial charge on any atom is -0.496 e. The molecule has 4 nitrogen and oxygen atoms in total. The van der Waals surface area contributed by atoms with Crippen molar-refractivity contribution in [3.63, 3.8) is 0 Å². The van der Waals surface area contributed by atoms with Crippen LogP contribution in [0.5, 0.6) is 5.75 Å². The Morgan fingerprint density at radius 1 is 1.10 bits per heavy atom. The normalized spacial score (nSPS) is 10.6. The highest BCUT2D eigenvalue weighted by Crippen LogP contribution is 2.38. The van der Waals surface area contributed by atoms with Crippen molar-refractivity contribution in [2.75, 3.05) is 12.8 Å². The van der Waals surface area contributed by atoms with Crippen LogP contribution in [-0.4, -0.2) is 12.3 Å². The molecule has 0 spiro atoms. The van der Waals surface area contributed by atoms with Crippen molar-refractivity contribution in [2.24, 2.45) is 0 Å². The van der Waals surface area contributed by atoms with E-state index >= 15 is 0 Å². The summed E-state index contributed by atoms with van der Waals surface area (Å²) < 4.78 is 11.5. The van der Waals surface area contributed by atoms with Gasteiger partial charge in [-0.25, -0.2) is 0 Å². The maximum absolute atomic E-state index is 5.96. The molecule has 0 saturated carbocycles. The summed E-state index contributed by atoms with van der Waals surface area (Å²) in [4.78, 5) is 0. The molecular formula is C16H13BrN2O2. The molecule has 3 rings (SSSR count). The fraction of sp³-hybridized carbons (Fsp3) is 0.0625. The van der Waals surface area contributed by atoms with Gasteiger partial charge in [0.05, 0.1) is 17.1 Å². The number of nitrogens with two attached hydrogens (primary N) is 1. The van der Waals surface area contributed by atoms with Crippen LogP contribution in [0.25, 0.3) is 22.5 Å². The minimum absolute atomic E-state index is 0.378. The Balaban J connectivity index is 2.14. The first kappa shape index (κ1) is 13.7. The molecule has 106 valence electrons. The van der Waals surface area contributed by atoms with Gasteiger partial charge in [-0.3, -0.25) is 0 Å². The third-order valence-electron chi connectivity index (χ3n) is 3.19. The van der Waals surface area contributed by atoms with Gasteiger partial charge in [-0.2, -0.15) is 0 Å². The van der Waals surface area contributed by atoms with Gasteiger partial charge in [0.25, 0.3) is 0 Å². The quantitative estimate of drug-likeness (QED) is 0.766. The number of benzene rings is 2. The maximum atomic E-state index is 5.96. The van der Waals surface area contributed by atoms with Crippen molar-refractivity contribution < 1.29 is 9.26 Å². The number of halogens is 1. The number of hydrogen-bond donors (Lipinski definition) is 1. The molecule has 1 aromatic heterocycles. The second kappa shape index (κ2) is 5.61. The van der Waals surface area contributed by atoms with Crippen LogP contribution in [0.4, 0.5) is 5.82 Å². The molecule has 0 aliphatic rings. The molecule has 0 fully saturated rings. The summed E-state index contributed by atoms with van der Waals surface area (Å²) in [6, 6.07) is 15.5. The van der Waals surface area contributed by atoms with Crippen LogP contribution in [-0.2, 0) is 0 Å². The van der Waals surface area contributed by atoms with Crippen LogP contribution in [0.3, 0.4) is 0 Å². The molecule has 2 aromatic carbocycles. The zero-order valence-electron chi connectivity index (χ0n) is 11.3. The third kappa shape index (κ3) is 2.52. The molecule has 1 heterocycles. The number of hydrogen-bond acceptors (Lipinski definition) is 4. The van der Waals surface area contributed by atoms with E-state index in [4.69, 9.17) is 15.0 Å². The van der Waals surface area contributed by atoms with Crippen LogP contribution in [0.1, 0.15) is 0 Å². The molecule has 0 atom stereocenters. The summed E-state index contributed by atoms with van der Waals surface area (Å²) in [6.45, 7) is 0. The van der Waals surface area contributed by atoms with E-state index in [-0.39, 0.29) is 0 Å². The van der Waals surface area contributed by atoms with E-state index in [0.717, 1.165) is 26.9 Å². The predicted molar refractivity (Wildman–Crippen MR) is 86.0 cm³/mol. The average Bonchev–Trinajstić information content (AvgIpc) is 2.90. The Morgan fingerprint density at radius 2 is 1.86 bits per heavy atom.